The molecule has 3 unspecified atom stereocenters. The maximum atomic E-state index is 13.7. The molecule has 1 aromatic carbocycles. The molecule has 3 heterocycles. The molecule has 0 spiro atoms. The van der Waals surface area contributed by atoms with Crippen LogP contribution in [-0.4, -0.2) is 107 Å². The van der Waals surface area contributed by atoms with Crippen LogP contribution in [0.3, 0.4) is 0 Å². The van der Waals surface area contributed by atoms with Crippen LogP contribution in [0.2, 0.25) is 0 Å². The lowest BCUT2D eigenvalue weighted by Crippen LogP contribution is -2.59. The van der Waals surface area contributed by atoms with Gasteiger partial charge >= 0.3 is 6.09 Å². The lowest BCUT2D eigenvalue weighted by Gasteiger charge is -2.39. The Labute approximate surface area is 241 Å². The number of benzene rings is 1. The van der Waals surface area contributed by atoms with Gasteiger partial charge in [-0.1, -0.05) is 6.07 Å². The fourth-order valence-corrected chi connectivity index (χ4v) is 6.81. The maximum Gasteiger partial charge on any atom is 0.408 e. The molecular weight excluding hydrogens is 524 g/mol. The van der Waals surface area contributed by atoms with E-state index in [1.165, 1.54) is 4.90 Å². The molecule has 220 valence electrons. The summed E-state index contributed by atoms with van der Waals surface area (Å²) in [5, 5.41) is 12.3. The van der Waals surface area contributed by atoms with E-state index in [1.807, 2.05) is 28.0 Å². The van der Waals surface area contributed by atoms with Gasteiger partial charge in [-0.3, -0.25) is 19.3 Å². The zero-order valence-electron chi connectivity index (χ0n) is 24.6. The summed E-state index contributed by atoms with van der Waals surface area (Å²) in [4.78, 5) is 59.5. The SMILES string of the molecule is CN(C)C(=O)c1ccc2c(c1)CC[C@@H]2N1C(=O)C2C[C@H]1CN2CC(NC(=O)OC(C)(C)C)C(=O)N1CCCC1C#N. The van der Waals surface area contributed by atoms with Crippen molar-refractivity contribution in [1.29, 1.82) is 5.26 Å². The molecule has 41 heavy (non-hydrogen) atoms. The van der Waals surface area contributed by atoms with Crippen molar-refractivity contribution >= 4 is 23.8 Å². The zero-order valence-corrected chi connectivity index (χ0v) is 24.6. The highest BCUT2D eigenvalue weighted by Crippen LogP contribution is 2.44. The first-order valence-corrected chi connectivity index (χ1v) is 14.5. The Morgan fingerprint density at radius 2 is 1.95 bits per heavy atom. The van der Waals surface area contributed by atoms with E-state index in [-0.39, 0.29) is 42.4 Å². The van der Waals surface area contributed by atoms with Crippen molar-refractivity contribution in [3.05, 3.63) is 34.9 Å². The second-order valence-corrected chi connectivity index (χ2v) is 12.8. The van der Waals surface area contributed by atoms with Crippen LogP contribution in [0, 0.1) is 11.3 Å². The highest BCUT2D eigenvalue weighted by atomic mass is 16.6. The molecular formula is C30H40N6O5. The van der Waals surface area contributed by atoms with Gasteiger partial charge in [-0.15, -0.1) is 0 Å². The first kappa shape index (κ1) is 28.9. The molecule has 11 heteroatoms. The number of piperazine rings is 1. The Hall–Kier alpha value is -3.65. The summed E-state index contributed by atoms with van der Waals surface area (Å²) in [7, 11) is 3.47. The number of nitriles is 1. The second-order valence-electron chi connectivity index (χ2n) is 12.8. The van der Waals surface area contributed by atoms with E-state index in [0.717, 1.165) is 30.4 Å². The number of carbonyl (C=O) groups excluding carboxylic acids is 4. The van der Waals surface area contributed by atoms with Crippen molar-refractivity contribution < 1.29 is 23.9 Å². The van der Waals surface area contributed by atoms with Gasteiger partial charge in [0.2, 0.25) is 11.8 Å². The molecule has 1 aliphatic carbocycles. The van der Waals surface area contributed by atoms with E-state index in [0.29, 0.717) is 31.5 Å². The van der Waals surface area contributed by atoms with Crippen molar-refractivity contribution in [2.24, 2.45) is 0 Å². The van der Waals surface area contributed by atoms with Gasteiger partial charge in [0.15, 0.2) is 0 Å². The number of hydrogen-bond donors (Lipinski definition) is 1. The molecule has 11 nitrogen and oxygen atoms in total. The number of hydrogen-bond acceptors (Lipinski definition) is 7. The monoisotopic (exact) mass is 564 g/mol. The van der Waals surface area contributed by atoms with E-state index < -0.39 is 23.8 Å². The van der Waals surface area contributed by atoms with Gasteiger partial charge in [-0.2, -0.15) is 5.26 Å². The smallest absolute Gasteiger partial charge is 0.408 e. The molecule has 4 amide bonds. The lowest BCUT2D eigenvalue weighted by atomic mass is 10.0. The van der Waals surface area contributed by atoms with Gasteiger partial charge in [0.05, 0.1) is 18.2 Å². The van der Waals surface area contributed by atoms with Crippen LogP contribution >= 0.6 is 0 Å². The Kier molecular flexibility index (Phi) is 7.72. The van der Waals surface area contributed by atoms with Crippen LogP contribution in [0.5, 0.6) is 0 Å². The summed E-state index contributed by atoms with van der Waals surface area (Å²) in [6, 6.07) is 6.12. The summed E-state index contributed by atoms with van der Waals surface area (Å²) < 4.78 is 5.43. The molecule has 5 atom stereocenters. The predicted molar refractivity (Wildman–Crippen MR) is 150 cm³/mol. The number of carbonyl (C=O) groups is 4. The molecule has 5 rings (SSSR count). The summed E-state index contributed by atoms with van der Waals surface area (Å²) >= 11 is 0. The van der Waals surface area contributed by atoms with Crippen LogP contribution in [0.4, 0.5) is 4.79 Å². The minimum absolute atomic E-state index is 0.00227. The summed E-state index contributed by atoms with van der Waals surface area (Å²) in [5.74, 6) is -0.325. The lowest BCUT2D eigenvalue weighted by molar-refractivity contribution is -0.141. The van der Waals surface area contributed by atoms with Crippen LogP contribution < -0.4 is 5.32 Å². The first-order valence-electron chi connectivity index (χ1n) is 14.5. The number of amides is 4. The molecule has 4 aliphatic rings. The third-order valence-electron chi connectivity index (χ3n) is 8.58. The van der Waals surface area contributed by atoms with Crippen LogP contribution in [0.1, 0.15) is 74.0 Å². The summed E-state index contributed by atoms with van der Waals surface area (Å²) in [6.07, 6.45) is 2.94. The largest absolute Gasteiger partial charge is 0.444 e. The second kappa shape index (κ2) is 11.0. The highest BCUT2D eigenvalue weighted by molar-refractivity contribution is 5.94. The molecule has 3 fully saturated rings. The topological polar surface area (TPSA) is 126 Å². The average molecular weight is 565 g/mol. The average Bonchev–Trinajstić information content (AvgIpc) is 3.69. The first-order chi connectivity index (χ1) is 19.4. The van der Waals surface area contributed by atoms with Crippen LogP contribution in [-0.2, 0) is 20.7 Å². The van der Waals surface area contributed by atoms with Crippen molar-refractivity contribution in [1.82, 2.24) is 24.9 Å². The number of nitrogens with zero attached hydrogens (tertiary/aromatic N) is 5. The fraction of sp³-hybridized carbons (Fsp3) is 0.633. The molecule has 0 saturated carbocycles. The number of rotatable bonds is 6. The third kappa shape index (κ3) is 5.62. The molecule has 0 aromatic heterocycles. The van der Waals surface area contributed by atoms with Crippen LogP contribution in [0.15, 0.2) is 18.2 Å². The van der Waals surface area contributed by atoms with Gasteiger partial charge in [0.1, 0.15) is 17.7 Å². The Morgan fingerprint density at radius 1 is 1.20 bits per heavy atom. The third-order valence-corrected chi connectivity index (χ3v) is 8.58. The molecule has 1 aromatic rings. The van der Waals surface area contributed by atoms with Gasteiger partial charge < -0.3 is 24.8 Å². The number of alkyl carbamates (subject to hydrolysis) is 1. The minimum Gasteiger partial charge on any atom is -0.444 e. The predicted octanol–water partition coefficient (Wildman–Crippen LogP) is 2.07. The fourth-order valence-electron chi connectivity index (χ4n) is 6.81. The standard InChI is InChI=1S/C30H40N6O5/c1-30(2,3)41-29(40)32-23(27(38)35-12-6-7-20(35)15-31)17-34-16-21-14-25(34)28(39)36(21)24-11-9-18-13-19(8-10-22(18)24)26(37)33(4)5/h8,10,13,20-21,23-25H,6-7,9,11-12,14,16-17H2,1-5H3,(H,32,40)/t20?,21-,23?,24-,25?/m0/s1. The quantitative estimate of drug-likeness (QED) is 0.561. The van der Waals surface area contributed by atoms with Crippen molar-refractivity contribution in [2.45, 2.75) is 88.7 Å². The number of likely N-dealkylation sites (tertiary alicyclic amines) is 3. The zero-order chi connectivity index (χ0) is 29.6. The van der Waals surface area contributed by atoms with E-state index in [2.05, 4.69) is 11.4 Å². The molecule has 1 N–H and O–H groups in total. The van der Waals surface area contributed by atoms with Crippen molar-refractivity contribution in [2.75, 3.05) is 33.7 Å². The summed E-state index contributed by atoms with van der Waals surface area (Å²) in [5.41, 5.74) is 2.13. The van der Waals surface area contributed by atoms with E-state index >= 15 is 0 Å². The number of nitrogens with one attached hydrogen (secondary N) is 1. The van der Waals surface area contributed by atoms with Crippen LogP contribution in [0.25, 0.3) is 0 Å². The summed E-state index contributed by atoms with van der Waals surface area (Å²) in [6.45, 7) is 6.50. The van der Waals surface area contributed by atoms with Crippen molar-refractivity contribution in [3.63, 3.8) is 0 Å². The number of fused-ring (bicyclic) bond motifs is 3. The number of aryl methyl sites for hydroxylation is 1. The Bertz CT molecular complexity index is 1280. The van der Waals surface area contributed by atoms with Gasteiger partial charge in [0, 0.05) is 45.3 Å². The molecule has 0 radical (unpaired) electrons. The minimum atomic E-state index is -0.931. The highest BCUT2D eigenvalue weighted by Gasteiger charge is 2.53. The maximum absolute atomic E-state index is 13.7. The molecule has 2 bridgehead atoms. The van der Waals surface area contributed by atoms with Gasteiger partial charge in [-0.25, -0.2) is 4.79 Å². The van der Waals surface area contributed by atoms with E-state index in [9.17, 15) is 24.4 Å². The molecule has 3 aliphatic heterocycles. The van der Waals surface area contributed by atoms with Crippen molar-refractivity contribution in [3.8, 4) is 6.07 Å². The number of ether oxygens (including phenoxy) is 1. The van der Waals surface area contributed by atoms with Gasteiger partial charge in [-0.05, 0) is 76.1 Å². The Balaban J connectivity index is 1.30. The van der Waals surface area contributed by atoms with Gasteiger partial charge in [0.25, 0.3) is 5.91 Å². The van der Waals surface area contributed by atoms with E-state index in [1.54, 1.807) is 39.8 Å². The van der Waals surface area contributed by atoms with E-state index in [4.69, 9.17) is 4.74 Å². The molecule has 3 saturated heterocycles. The normalized spacial score (nSPS) is 26.1. The Morgan fingerprint density at radius 3 is 2.61 bits per heavy atom.